The molecule has 0 unspecified atom stereocenters. The first-order chi connectivity index (χ1) is 19.9. The molecule has 206 valence electrons. The first-order valence-electron chi connectivity index (χ1n) is 12.9. The summed E-state index contributed by atoms with van der Waals surface area (Å²) in [6.45, 7) is 0.656. The Hall–Kier alpha value is -4.99. The summed E-state index contributed by atoms with van der Waals surface area (Å²) in [5, 5.41) is 10.3. The summed E-state index contributed by atoms with van der Waals surface area (Å²) >= 11 is 6.44. The molecule has 10 heteroatoms. The normalized spacial score (nSPS) is 11.2. The third-order valence-electron chi connectivity index (χ3n) is 6.12. The van der Waals surface area contributed by atoms with Gasteiger partial charge in [-0.3, -0.25) is 9.59 Å². The van der Waals surface area contributed by atoms with Gasteiger partial charge in [0.15, 0.2) is 0 Å². The van der Waals surface area contributed by atoms with Crippen molar-refractivity contribution in [3.8, 4) is 11.3 Å². The van der Waals surface area contributed by atoms with Crippen LogP contribution in [0.1, 0.15) is 10.4 Å². The number of aromatic nitrogens is 3. The average Bonchev–Trinajstić information content (AvgIpc) is 3.39. The van der Waals surface area contributed by atoms with E-state index < -0.39 is 0 Å². The van der Waals surface area contributed by atoms with E-state index in [0.717, 1.165) is 22.2 Å². The van der Waals surface area contributed by atoms with Crippen LogP contribution in [0.5, 0.6) is 0 Å². The third kappa shape index (κ3) is 6.96. The van der Waals surface area contributed by atoms with Gasteiger partial charge in [-0.05, 0) is 62.6 Å². The molecule has 0 radical (unpaired) electrons. The van der Waals surface area contributed by atoms with E-state index in [4.69, 9.17) is 11.6 Å². The number of hydrogen-bond donors (Lipinski definition) is 4. The average molecular weight is 566 g/mol. The molecule has 0 fully saturated rings. The van der Waals surface area contributed by atoms with Crippen molar-refractivity contribution < 1.29 is 9.59 Å². The zero-order chi connectivity index (χ0) is 28.8. The largest absolute Gasteiger partial charge is 0.360 e. The Morgan fingerprint density at radius 1 is 0.951 bits per heavy atom. The van der Waals surface area contributed by atoms with E-state index in [1.807, 2.05) is 61.6 Å². The summed E-state index contributed by atoms with van der Waals surface area (Å²) in [5.41, 5.74) is 4.80. The molecule has 0 bridgehead atoms. The molecule has 2 heterocycles. The Kier molecular flexibility index (Phi) is 8.38. The van der Waals surface area contributed by atoms with Crippen molar-refractivity contribution in [3.63, 3.8) is 0 Å². The highest BCUT2D eigenvalue weighted by atomic mass is 35.5. The number of benzene rings is 3. The van der Waals surface area contributed by atoms with Crippen molar-refractivity contribution >= 4 is 57.3 Å². The summed E-state index contributed by atoms with van der Waals surface area (Å²) < 4.78 is 0. The second-order valence-corrected chi connectivity index (χ2v) is 9.94. The van der Waals surface area contributed by atoms with Crippen LogP contribution in [0.15, 0.2) is 97.3 Å². The first-order valence-corrected chi connectivity index (χ1v) is 13.2. The highest BCUT2D eigenvalue weighted by molar-refractivity contribution is 6.33. The van der Waals surface area contributed by atoms with Gasteiger partial charge in [0, 0.05) is 57.9 Å². The fraction of sp³-hybridized carbons (Fsp3) is 0.0968. The number of amides is 2. The van der Waals surface area contributed by atoms with Crippen molar-refractivity contribution in [1.82, 2.24) is 19.9 Å². The maximum Gasteiger partial charge on any atom is 0.255 e. The number of rotatable bonds is 9. The molecule has 0 saturated heterocycles. The topological polar surface area (TPSA) is 115 Å². The molecule has 0 aliphatic rings. The molecule has 0 spiro atoms. The molecule has 3 aromatic carbocycles. The van der Waals surface area contributed by atoms with Crippen molar-refractivity contribution in [1.29, 1.82) is 0 Å². The van der Waals surface area contributed by atoms with Crippen molar-refractivity contribution in [2.24, 2.45) is 0 Å². The van der Waals surface area contributed by atoms with E-state index in [2.05, 4.69) is 30.9 Å². The van der Waals surface area contributed by atoms with Crippen LogP contribution < -0.4 is 16.0 Å². The molecular weight excluding hydrogens is 538 g/mol. The Morgan fingerprint density at radius 2 is 1.73 bits per heavy atom. The molecule has 0 atom stereocenters. The summed E-state index contributed by atoms with van der Waals surface area (Å²) in [6, 6.07) is 21.9. The molecule has 9 nitrogen and oxygen atoms in total. The van der Waals surface area contributed by atoms with Crippen LogP contribution in [-0.4, -0.2) is 52.3 Å². The Labute approximate surface area is 242 Å². The number of para-hydroxylation sites is 1. The lowest BCUT2D eigenvalue weighted by Gasteiger charge is -2.10. The van der Waals surface area contributed by atoms with Gasteiger partial charge >= 0.3 is 0 Å². The number of likely N-dealkylation sites (N-methyl/N-ethyl adjacent to an activating group) is 1. The summed E-state index contributed by atoms with van der Waals surface area (Å²) in [4.78, 5) is 39.1. The standard InChI is InChI=1S/C31H28ClN7O2/c1-39(2)16-6-11-28(40)35-23-8-5-7-20(17-23)30(41)36-21-12-14-22(15-13-21)37-31-34-19-26(32)29(38-31)25-18-33-27-10-4-3-9-24(25)27/h3-15,17-19,33H,16H2,1-2H3,(H,35,40)(H,36,41)(H,34,37,38). The van der Waals surface area contributed by atoms with E-state index in [9.17, 15) is 9.59 Å². The van der Waals surface area contributed by atoms with Gasteiger partial charge in [-0.2, -0.15) is 0 Å². The van der Waals surface area contributed by atoms with Crippen LogP contribution in [0.2, 0.25) is 5.02 Å². The van der Waals surface area contributed by atoms with Gasteiger partial charge in [0.1, 0.15) is 0 Å². The molecule has 0 aliphatic heterocycles. The van der Waals surface area contributed by atoms with E-state index in [-0.39, 0.29) is 11.8 Å². The zero-order valence-corrected chi connectivity index (χ0v) is 23.2. The minimum atomic E-state index is -0.297. The van der Waals surface area contributed by atoms with E-state index in [1.54, 1.807) is 48.7 Å². The molecule has 0 saturated carbocycles. The minimum Gasteiger partial charge on any atom is -0.360 e. The Balaban J connectivity index is 1.23. The van der Waals surface area contributed by atoms with Crippen molar-refractivity contribution in [2.75, 3.05) is 36.6 Å². The number of fused-ring (bicyclic) bond motifs is 1. The predicted molar refractivity (Wildman–Crippen MR) is 165 cm³/mol. The minimum absolute atomic E-state index is 0.259. The summed E-state index contributed by atoms with van der Waals surface area (Å²) in [5.74, 6) is -0.165. The van der Waals surface area contributed by atoms with Crippen LogP contribution in [0.4, 0.5) is 23.0 Å². The van der Waals surface area contributed by atoms with Gasteiger partial charge in [-0.1, -0.05) is 41.9 Å². The molecule has 2 aromatic heterocycles. The SMILES string of the molecule is CN(C)CC=CC(=O)Nc1cccc(C(=O)Nc2ccc(Nc3ncc(Cl)c(-c4c[nH]c5ccccc45)n3)cc2)c1. The van der Waals surface area contributed by atoms with Gasteiger partial charge in [0.25, 0.3) is 5.91 Å². The maximum atomic E-state index is 12.9. The smallest absolute Gasteiger partial charge is 0.255 e. The van der Waals surface area contributed by atoms with Crippen LogP contribution in [0, 0.1) is 0 Å². The Morgan fingerprint density at radius 3 is 2.54 bits per heavy atom. The summed E-state index contributed by atoms with van der Waals surface area (Å²) in [6.07, 6.45) is 6.69. The van der Waals surface area contributed by atoms with Gasteiger partial charge in [0.05, 0.1) is 16.9 Å². The van der Waals surface area contributed by atoms with E-state index >= 15 is 0 Å². The van der Waals surface area contributed by atoms with Gasteiger partial charge in [0.2, 0.25) is 11.9 Å². The summed E-state index contributed by atoms with van der Waals surface area (Å²) in [7, 11) is 3.84. The Bertz CT molecular complexity index is 1730. The number of H-pyrrole nitrogens is 1. The maximum absolute atomic E-state index is 12.9. The highest BCUT2D eigenvalue weighted by Gasteiger charge is 2.13. The number of nitrogens with one attached hydrogen (secondary N) is 4. The van der Waals surface area contributed by atoms with Crippen LogP contribution >= 0.6 is 11.6 Å². The first kappa shape index (κ1) is 27.6. The van der Waals surface area contributed by atoms with Crippen molar-refractivity contribution in [3.05, 3.63) is 108 Å². The number of carbonyl (C=O) groups excluding carboxylic acids is 2. The van der Waals surface area contributed by atoms with Crippen LogP contribution in [-0.2, 0) is 4.79 Å². The van der Waals surface area contributed by atoms with Gasteiger partial charge < -0.3 is 25.8 Å². The molecular formula is C31H28ClN7O2. The number of halogens is 1. The molecule has 41 heavy (non-hydrogen) atoms. The number of nitrogens with zero attached hydrogens (tertiary/aromatic N) is 3. The quantitative estimate of drug-likeness (QED) is 0.155. The highest BCUT2D eigenvalue weighted by Crippen LogP contribution is 2.32. The molecule has 5 rings (SSSR count). The second-order valence-electron chi connectivity index (χ2n) is 9.53. The number of carbonyl (C=O) groups is 2. The van der Waals surface area contributed by atoms with Crippen LogP contribution in [0.3, 0.4) is 0 Å². The molecule has 2 amide bonds. The zero-order valence-electron chi connectivity index (χ0n) is 22.5. The number of aromatic amines is 1. The lowest BCUT2D eigenvalue weighted by atomic mass is 10.1. The monoisotopic (exact) mass is 565 g/mol. The fourth-order valence-electron chi connectivity index (χ4n) is 4.15. The van der Waals surface area contributed by atoms with Gasteiger partial charge in [-0.15, -0.1) is 0 Å². The molecule has 5 aromatic rings. The fourth-order valence-corrected chi connectivity index (χ4v) is 4.34. The molecule has 0 aliphatic carbocycles. The van der Waals surface area contributed by atoms with Crippen LogP contribution in [0.25, 0.3) is 22.2 Å². The predicted octanol–water partition coefficient (Wildman–Crippen LogP) is 6.33. The van der Waals surface area contributed by atoms with Gasteiger partial charge in [-0.25, -0.2) is 9.97 Å². The third-order valence-corrected chi connectivity index (χ3v) is 6.40. The lowest BCUT2D eigenvalue weighted by molar-refractivity contribution is -0.111. The van der Waals surface area contributed by atoms with Crippen molar-refractivity contribution in [2.45, 2.75) is 0 Å². The molecule has 4 N–H and O–H groups in total. The number of anilines is 4. The lowest BCUT2D eigenvalue weighted by Crippen LogP contribution is -2.14. The van der Waals surface area contributed by atoms with E-state index in [0.29, 0.717) is 40.1 Å². The second kappa shape index (κ2) is 12.5. The number of hydrogen-bond acceptors (Lipinski definition) is 6. The van der Waals surface area contributed by atoms with E-state index in [1.165, 1.54) is 6.08 Å².